The molecule has 0 saturated heterocycles. The van der Waals surface area contributed by atoms with Crippen LogP contribution in [0.5, 0.6) is 11.5 Å². The highest BCUT2D eigenvalue weighted by Gasteiger charge is 2.17. The number of nitrogens with one attached hydrogen (secondary N) is 1. The van der Waals surface area contributed by atoms with E-state index < -0.39 is 5.82 Å². The Bertz CT molecular complexity index is 1220. The highest BCUT2D eigenvalue weighted by molar-refractivity contribution is 6.01. The van der Waals surface area contributed by atoms with Gasteiger partial charge in [0.1, 0.15) is 23.1 Å². The smallest absolute Gasteiger partial charge is 0.240 e. The summed E-state index contributed by atoms with van der Waals surface area (Å²) in [7, 11) is 3.20. The number of nitrogen functional groups attached to an aromatic ring is 1. The molecule has 0 atom stereocenters. The predicted octanol–water partition coefficient (Wildman–Crippen LogP) is 2.21. The lowest BCUT2D eigenvalue weighted by Crippen LogP contribution is -2.09. The Kier molecular flexibility index (Phi) is 5.72. The van der Waals surface area contributed by atoms with Crippen LogP contribution in [0.1, 0.15) is 11.4 Å². The Hall–Kier alpha value is -3.66. The van der Waals surface area contributed by atoms with E-state index in [2.05, 4.69) is 20.4 Å². The number of hydrogen-bond acceptors (Lipinski definition) is 8. The topological polar surface area (TPSA) is 120 Å². The lowest BCUT2D eigenvalue weighted by Gasteiger charge is -2.12. The van der Waals surface area contributed by atoms with Crippen molar-refractivity contribution < 1.29 is 19.0 Å². The molecule has 2 aromatic carbocycles. The summed E-state index contributed by atoms with van der Waals surface area (Å²) in [5.41, 5.74) is 8.24. The van der Waals surface area contributed by atoms with Crippen LogP contribution < -0.4 is 20.5 Å². The SMILES string of the molecule is COc1cc(CCc2nc3cc(F)cc(NCCO)c3c3nc(N)nn23)cc(OC)c1. The molecule has 4 N–H and O–H groups in total. The van der Waals surface area contributed by atoms with E-state index in [1.165, 1.54) is 12.1 Å². The standard InChI is InChI=1S/C21H23FN6O3/c1-30-14-7-12(8-15(11-14)31-2)3-4-18-25-17-10-13(22)9-16(24-5-6-29)19(17)20-26-21(23)27-28(18)20/h7-11,24,29H,3-6H2,1-2H3,(H2,23,27). The van der Waals surface area contributed by atoms with Gasteiger partial charge in [0, 0.05) is 25.1 Å². The normalized spacial score (nSPS) is 11.2. The quantitative estimate of drug-likeness (QED) is 0.392. The van der Waals surface area contributed by atoms with E-state index in [0.29, 0.717) is 52.4 Å². The fraction of sp³-hybridized carbons (Fsp3) is 0.286. The molecule has 0 aliphatic rings. The summed E-state index contributed by atoms with van der Waals surface area (Å²) in [5, 5.41) is 17.0. The number of ether oxygens (including phenoxy) is 2. The van der Waals surface area contributed by atoms with Crippen molar-refractivity contribution in [3.05, 3.63) is 47.5 Å². The fourth-order valence-corrected chi connectivity index (χ4v) is 3.53. The van der Waals surface area contributed by atoms with Gasteiger partial charge in [0.05, 0.1) is 37.4 Å². The largest absolute Gasteiger partial charge is 0.497 e. The Morgan fingerprint density at radius 1 is 1.06 bits per heavy atom. The zero-order chi connectivity index (χ0) is 22.0. The molecule has 0 saturated carbocycles. The van der Waals surface area contributed by atoms with E-state index >= 15 is 0 Å². The average molecular weight is 426 g/mol. The van der Waals surface area contributed by atoms with Crippen molar-refractivity contribution in [2.45, 2.75) is 12.8 Å². The number of nitrogens with two attached hydrogens (primary N) is 1. The Morgan fingerprint density at radius 2 is 1.81 bits per heavy atom. The number of hydrogen-bond donors (Lipinski definition) is 3. The molecule has 31 heavy (non-hydrogen) atoms. The van der Waals surface area contributed by atoms with Gasteiger partial charge >= 0.3 is 0 Å². The van der Waals surface area contributed by atoms with Gasteiger partial charge in [-0.05, 0) is 30.2 Å². The molecule has 4 aromatic rings. The lowest BCUT2D eigenvalue weighted by molar-refractivity contribution is 0.311. The van der Waals surface area contributed by atoms with Gasteiger partial charge < -0.3 is 25.6 Å². The molecule has 162 valence electrons. The van der Waals surface area contributed by atoms with Crippen LogP contribution >= 0.6 is 0 Å². The summed E-state index contributed by atoms with van der Waals surface area (Å²) in [5.74, 6) is 1.62. The number of aliphatic hydroxyl groups excluding tert-OH is 1. The second-order valence-electron chi connectivity index (χ2n) is 6.95. The third kappa shape index (κ3) is 4.15. The van der Waals surface area contributed by atoms with E-state index in [9.17, 15) is 4.39 Å². The van der Waals surface area contributed by atoms with Crippen LogP contribution in [0, 0.1) is 5.82 Å². The first-order chi connectivity index (χ1) is 15.0. The lowest BCUT2D eigenvalue weighted by atomic mass is 10.1. The first-order valence-electron chi connectivity index (χ1n) is 9.73. The molecule has 0 fully saturated rings. The average Bonchev–Trinajstić information content (AvgIpc) is 3.16. The van der Waals surface area contributed by atoms with Crippen molar-refractivity contribution in [3.63, 3.8) is 0 Å². The van der Waals surface area contributed by atoms with Crippen molar-refractivity contribution in [2.75, 3.05) is 38.4 Å². The van der Waals surface area contributed by atoms with Gasteiger partial charge in [0.15, 0.2) is 5.65 Å². The van der Waals surface area contributed by atoms with Crippen LogP contribution in [0.15, 0.2) is 30.3 Å². The third-order valence-electron chi connectivity index (χ3n) is 4.90. The molecule has 0 aliphatic heterocycles. The molecular formula is C21H23FN6O3. The Morgan fingerprint density at radius 3 is 2.48 bits per heavy atom. The number of benzene rings is 2. The minimum absolute atomic E-state index is 0.0935. The molecule has 0 spiro atoms. The first kappa shape index (κ1) is 20.6. The van der Waals surface area contributed by atoms with Crippen LogP contribution in [-0.4, -0.2) is 52.1 Å². The van der Waals surface area contributed by atoms with Gasteiger partial charge in [-0.3, -0.25) is 0 Å². The summed E-state index contributed by atoms with van der Waals surface area (Å²) >= 11 is 0. The summed E-state index contributed by atoms with van der Waals surface area (Å²) in [4.78, 5) is 8.98. The minimum Gasteiger partial charge on any atom is -0.497 e. The van der Waals surface area contributed by atoms with Crippen molar-refractivity contribution in [2.24, 2.45) is 0 Å². The predicted molar refractivity (Wildman–Crippen MR) is 115 cm³/mol. The number of fused-ring (bicyclic) bond motifs is 3. The highest BCUT2D eigenvalue weighted by atomic mass is 19.1. The molecular weight excluding hydrogens is 403 g/mol. The maximum absolute atomic E-state index is 14.2. The summed E-state index contributed by atoms with van der Waals surface area (Å²) in [6.07, 6.45) is 1.12. The molecule has 0 amide bonds. The van der Waals surface area contributed by atoms with E-state index in [1.807, 2.05) is 12.1 Å². The van der Waals surface area contributed by atoms with Crippen molar-refractivity contribution in [1.29, 1.82) is 0 Å². The number of aliphatic hydroxyl groups is 1. The zero-order valence-electron chi connectivity index (χ0n) is 17.2. The van der Waals surface area contributed by atoms with E-state index in [-0.39, 0.29) is 19.1 Å². The van der Waals surface area contributed by atoms with Gasteiger partial charge in [-0.25, -0.2) is 9.37 Å². The number of halogens is 1. The second kappa shape index (κ2) is 8.60. The maximum Gasteiger partial charge on any atom is 0.240 e. The van der Waals surface area contributed by atoms with E-state index in [4.69, 9.17) is 20.3 Å². The van der Waals surface area contributed by atoms with Gasteiger partial charge in [-0.1, -0.05) is 0 Å². The molecule has 0 aliphatic carbocycles. The highest BCUT2D eigenvalue weighted by Crippen LogP contribution is 2.29. The number of nitrogens with zero attached hydrogens (tertiary/aromatic N) is 4. The van der Waals surface area contributed by atoms with Crippen molar-refractivity contribution in [3.8, 4) is 11.5 Å². The number of aryl methyl sites for hydroxylation is 2. The van der Waals surface area contributed by atoms with Crippen LogP contribution in [0.2, 0.25) is 0 Å². The monoisotopic (exact) mass is 426 g/mol. The zero-order valence-corrected chi connectivity index (χ0v) is 17.2. The van der Waals surface area contributed by atoms with E-state index in [1.54, 1.807) is 24.8 Å². The first-order valence-corrected chi connectivity index (χ1v) is 9.73. The molecule has 2 heterocycles. The fourth-order valence-electron chi connectivity index (χ4n) is 3.53. The Labute approximate surface area is 177 Å². The number of aromatic nitrogens is 4. The van der Waals surface area contributed by atoms with Gasteiger partial charge in [-0.2, -0.15) is 9.50 Å². The second-order valence-corrected chi connectivity index (χ2v) is 6.95. The molecule has 10 heteroatoms. The third-order valence-corrected chi connectivity index (χ3v) is 4.90. The molecule has 0 unspecified atom stereocenters. The maximum atomic E-state index is 14.2. The Balaban J connectivity index is 1.78. The molecule has 2 aromatic heterocycles. The van der Waals surface area contributed by atoms with Gasteiger partial charge in [0.2, 0.25) is 5.95 Å². The number of anilines is 2. The molecule has 0 radical (unpaired) electrons. The van der Waals surface area contributed by atoms with Gasteiger partial charge in [0.25, 0.3) is 0 Å². The minimum atomic E-state index is -0.444. The van der Waals surface area contributed by atoms with Crippen LogP contribution in [-0.2, 0) is 12.8 Å². The molecule has 0 bridgehead atoms. The van der Waals surface area contributed by atoms with E-state index in [0.717, 1.165) is 5.56 Å². The summed E-state index contributed by atoms with van der Waals surface area (Å²) in [6, 6.07) is 8.34. The van der Waals surface area contributed by atoms with Crippen LogP contribution in [0.25, 0.3) is 16.6 Å². The van der Waals surface area contributed by atoms with Crippen LogP contribution in [0.3, 0.4) is 0 Å². The number of methoxy groups -OCH3 is 2. The van der Waals surface area contributed by atoms with Crippen molar-refractivity contribution in [1.82, 2.24) is 19.6 Å². The number of rotatable bonds is 8. The summed E-state index contributed by atoms with van der Waals surface area (Å²) in [6.45, 7) is 0.159. The summed E-state index contributed by atoms with van der Waals surface area (Å²) < 4.78 is 26.5. The van der Waals surface area contributed by atoms with Crippen LogP contribution in [0.4, 0.5) is 16.0 Å². The van der Waals surface area contributed by atoms with Crippen molar-refractivity contribution >= 4 is 28.2 Å². The van der Waals surface area contributed by atoms with Gasteiger partial charge in [-0.15, -0.1) is 5.10 Å². The molecule has 4 rings (SSSR count). The molecule has 9 nitrogen and oxygen atoms in total.